The molecule has 2 N–H and O–H groups in total. The van der Waals surface area contributed by atoms with Crippen molar-refractivity contribution in [1.29, 1.82) is 0 Å². The lowest BCUT2D eigenvalue weighted by Crippen LogP contribution is -2.56. The first-order valence-corrected chi connectivity index (χ1v) is 7.93. The smallest absolute Gasteiger partial charge is 0.370 e. The van der Waals surface area contributed by atoms with Gasteiger partial charge in [0.2, 0.25) is 0 Å². The summed E-state index contributed by atoms with van der Waals surface area (Å²) in [4.78, 5) is 15.5. The van der Waals surface area contributed by atoms with Gasteiger partial charge < -0.3 is 15.5 Å². The van der Waals surface area contributed by atoms with Crippen LogP contribution in [0.3, 0.4) is 0 Å². The number of rotatable bonds is 5. The van der Waals surface area contributed by atoms with E-state index in [2.05, 4.69) is 33.3 Å². The fourth-order valence-corrected chi connectivity index (χ4v) is 3.45. The van der Waals surface area contributed by atoms with E-state index in [9.17, 15) is 18.0 Å². The molecule has 3 aliphatic heterocycles. The number of halogens is 3. The molecule has 3 rings (SSSR count). The van der Waals surface area contributed by atoms with Crippen LogP contribution >= 0.6 is 0 Å². The lowest BCUT2D eigenvalue weighted by Gasteiger charge is -2.44. The average Bonchev–Trinajstić information content (AvgIpc) is 2.91. The van der Waals surface area contributed by atoms with Gasteiger partial charge in [0.15, 0.2) is 0 Å². The third kappa shape index (κ3) is 3.63. The Morgan fingerprint density at radius 3 is 2.96 bits per heavy atom. The molecule has 1 amide bonds. The van der Waals surface area contributed by atoms with Gasteiger partial charge in [-0.15, -0.1) is 0 Å². The van der Waals surface area contributed by atoms with Gasteiger partial charge in [-0.3, -0.25) is 9.69 Å². The molecule has 2 unspecified atom stereocenters. The van der Waals surface area contributed by atoms with Gasteiger partial charge in [0.05, 0.1) is 12.1 Å². The Morgan fingerprint density at radius 1 is 1.35 bits per heavy atom. The number of unbranched alkanes of at least 4 members (excludes halogenated alkanes) is 1. The summed E-state index contributed by atoms with van der Waals surface area (Å²) in [5, 5.41) is 5.32. The highest BCUT2D eigenvalue weighted by atomic mass is 19.4. The molecule has 0 spiro atoms. The molecule has 0 aromatic carbocycles. The molecule has 3 aliphatic rings. The van der Waals surface area contributed by atoms with Crippen LogP contribution in [0.25, 0.3) is 0 Å². The van der Waals surface area contributed by atoms with E-state index in [1.165, 1.54) is 5.82 Å². The Kier molecular flexibility index (Phi) is 4.52. The second-order valence-corrected chi connectivity index (χ2v) is 6.17. The highest BCUT2D eigenvalue weighted by Gasteiger charge is 2.39. The zero-order valence-corrected chi connectivity index (χ0v) is 12.8. The molecule has 2 saturated heterocycles. The van der Waals surface area contributed by atoms with Gasteiger partial charge >= 0.3 is 12.1 Å². The van der Waals surface area contributed by atoms with Gasteiger partial charge in [0.25, 0.3) is 0 Å². The van der Waals surface area contributed by atoms with Gasteiger partial charge in [-0.05, 0) is 25.5 Å². The van der Waals surface area contributed by atoms with Crippen molar-refractivity contribution >= 4 is 5.91 Å². The van der Waals surface area contributed by atoms with Gasteiger partial charge in [-0.1, -0.05) is 12.2 Å². The van der Waals surface area contributed by atoms with Crippen LogP contribution in [0.15, 0.2) is 24.0 Å². The first-order valence-electron chi connectivity index (χ1n) is 7.93. The van der Waals surface area contributed by atoms with Gasteiger partial charge in [0.1, 0.15) is 5.82 Å². The van der Waals surface area contributed by atoms with Crippen molar-refractivity contribution < 1.29 is 18.0 Å². The number of hydrogen-bond acceptors (Lipinski definition) is 4. The summed E-state index contributed by atoms with van der Waals surface area (Å²) < 4.78 is 36.2. The quantitative estimate of drug-likeness (QED) is 0.733. The van der Waals surface area contributed by atoms with E-state index < -0.39 is 12.1 Å². The Morgan fingerprint density at radius 2 is 2.17 bits per heavy atom. The summed E-state index contributed by atoms with van der Waals surface area (Å²) in [5.74, 6) is -0.660. The number of amides is 1. The molecule has 0 saturated carbocycles. The van der Waals surface area contributed by atoms with Crippen LogP contribution in [0, 0.1) is 0 Å². The predicted octanol–water partition coefficient (Wildman–Crippen LogP) is 0.814. The standard InChI is InChI=1S/C15H21F3N4O/c16-15(17,18)14(23)19-6-1-2-7-21-9-11-4-3-5-13-20-8-12(10-21)22(11)13/h3-5,11-12,20H,1-2,6-10H2,(H,19,23). The Labute approximate surface area is 133 Å². The monoisotopic (exact) mass is 330 g/mol. The molecule has 5 nitrogen and oxygen atoms in total. The number of hydrogen-bond donors (Lipinski definition) is 2. The molecule has 2 atom stereocenters. The molecule has 0 aromatic heterocycles. The topological polar surface area (TPSA) is 47.6 Å². The number of alkyl halides is 3. The lowest BCUT2D eigenvalue weighted by molar-refractivity contribution is -0.173. The van der Waals surface area contributed by atoms with Gasteiger partial charge in [-0.25, -0.2) is 0 Å². The number of carbonyl (C=O) groups excluding carboxylic acids is 1. The minimum Gasteiger partial charge on any atom is -0.370 e. The molecule has 128 valence electrons. The summed E-state index contributed by atoms with van der Waals surface area (Å²) in [6.07, 6.45) is 2.90. The second kappa shape index (κ2) is 6.43. The normalized spacial score (nSPS) is 26.6. The molecule has 2 fully saturated rings. The van der Waals surface area contributed by atoms with E-state index in [4.69, 9.17) is 0 Å². The molecule has 23 heavy (non-hydrogen) atoms. The number of nitrogens with zero attached hydrogens (tertiary/aromatic N) is 2. The highest BCUT2D eigenvalue weighted by molar-refractivity contribution is 5.81. The van der Waals surface area contributed by atoms with Crippen LogP contribution in [0.5, 0.6) is 0 Å². The zero-order chi connectivity index (χ0) is 16.4. The lowest BCUT2D eigenvalue weighted by atomic mass is 10.0. The summed E-state index contributed by atoms with van der Waals surface area (Å²) >= 11 is 0. The van der Waals surface area contributed by atoms with E-state index in [1.807, 2.05) is 5.32 Å². The van der Waals surface area contributed by atoms with Crippen molar-refractivity contribution in [3.63, 3.8) is 0 Å². The fourth-order valence-electron chi connectivity index (χ4n) is 3.45. The third-order valence-electron chi connectivity index (χ3n) is 4.49. The van der Waals surface area contributed by atoms with Crippen LogP contribution in [0.4, 0.5) is 13.2 Å². The van der Waals surface area contributed by atoms with Crippen molar-refractivity contribution in [3.05, 3.63) is 24.0 Å². The SMILES string of the molecule is O=C(NCCCCN1CC2C=CC=C3NCC(C1)N32)C(F)(F)F. The van der Waals surface area contributed by atoms with Crippen molar-refractivity contribution in [2.24, 2.45) is 0 Å². The largest absolute Gasteiger partial charge is 0.471 e. The molecule has 3 heterocycles. The maximum absolute atomic E-state index is 12.1. The molecule has 0 aromatic rings. The number of allylic oxidation sites excluding steroid dienone is 2. The molecule has 0 bridgehead atoms. The Balaban J connectivity index is 1.38. The second-order valence-electron chi connectivity index (χ2n) is 6.17. The predicted molar refractivity (Wildman–Crippen MR) is 79.4 cm³/mol. The summed E-state index contributed by atoms with van der Waals surface area (Å²) in [6.45, 7) is 3.74. The third-order valence-corrected chi connectivity index (χ3v) is 4.49. The summed E-state index contributed by atoms with van der Waals surface area (Å²) in [6, 6.07) is 0.823. The first kappa shape index (κ1) is 16.2. The minimum absolute atomic E-state index is 0.0690. The van der Waals surface area contributed by atoms with E-state index in [-0.39, 0.29) is 6.54 Å². The van der Waals surface area contributed by atoms with Gasteiger partial charge in [0, 0.05) is 26.2 Å². The minimum atomic E-state index is -4.79. The van der Waals surface area contributed by atoms with Crippen molar-refractivity contribution in [2.45, 2.75) is 31.1 Å². The van der Waals surface area contributed by atoms with E-state index in [1.54, 1.807) is 0 Å². The summed E-state index contributed by atoms with van der Waals surface area (Å²) in [5.41, 5.74) is 0. The van der Waals surface area contributed by atoms with Crippen LogP contribution < -0.4 is 10.6 Å². The van der Waals surface area contributed by atoms with Crippen molar-refractivity contribution in [2.75, 3.05) is 32.7 Å². The molecular weight excluding hydrogens is 309 g/mol. The summed E-state index contributed by atoms with van der Waals surface area (Å²) in [7, 11) is 0. The molecule has 0 aliphatic carbocycles. The van der Waals surface area contributed by atoms with E-state index >= 15 is 0 Å². The zero-order valence-electron chi connectivity index (χ0n) is 12.8. The van der Waals surface area contributed by atoms with Gasteiger partial charge in [-0.2, -0.15) is 13.2 Å². The fraction of sp³-hybridized carbons (Fsp3) is 0.667. The van der Waals surface area contributed by atoms with Crippen molar-refractivity contribution in [3.8, 4) is 0 Å². The molecule has 0 radical (unpaired) electrons. The number of carbonyl (C=O) groups is 1. The molecular formula is C15H21F3N4O. The van der Waals surface area contributed by atoms with E-state index in [0.29, 0.717) is 18.5 Å². The average molecular weight is 330 g/mol. The van der Waals surface area contributed by atoms with Crippen LogP contribution in [0.1, 0.15) is 12.8 Å². The van der Waals surface area contributed by atoms with Crippen LogP contribution in [0.2, 0.25) is 0 Å². The molecule has 8 heteroatoms. The Hall–Kier alpha value is -1.70. The van der Waals surface area contributed by atoms with Crippen LogP contribution in [-0.2, 0) is 4.79 Å². The van der Waals surface area contributed by atoms with E-state index in [0.717, 1.165) is 32.6 Å². The van der Waals surface area contributed by atoms with Crippen LogP contribution in [-0.4, -0.2) is 66.7 Å². The van der Waals surface area contributed by atoms with Crippen molar-refractivity contribution in [1.82, 2.24) is 20.4 Å². The number of piperazine rings is 1. The maximum Gasteiger partial charge on any atom is 0.471 e. The first-order chi connectivity index (χ1) is 10.9. The number of nitrogens with one attached hydrogen (secondary N) is 2. The Bertz CT molecular complexity index is 517. The highest BCUT2D eigenvalue weighted by Crippen LogP contribution is 2.27. The maximum atomic E-state index is 12.1.